The minimum Gasteiger partial charge on any atom is -0.351 e. The smallest absolute Gasteiger partial charge is 0.185 e. The molecule has 0 amide bonds. The van der Waals surface area contributed by atoms with Crippen LogP contribution in [0.2, 0.25) is 0 Å². The second-order valence-electron chi connectivity index (χ2n) is 4.25. The van der Waals surface area contributed by atoms with Crippen molar-refractivity contribution in [1.29, 1.82) is 0 Å². The highest BCUT2D eigenvalue weighted by Crippen LogP contribution is 2.32. The lowest BCUT2D eigenvalue weighted by atomic mass is 10.3. The lowest BCUT2D eigenvalue weighted by molar-refractivity contribution is 0.782. The number of nitrogens with zero attached hydrogens (tertiary/aromatic N) is 2. The number of rotatable bonds is 5. The van der Waals surface area contributed by atoms with Crippen LogP contribution < -0.4 is 10.6 Å². The lowest BCUT2D eigenvalue weighted by Crippen LogP contribution is -2.19. The van der Waals surface area contributed by atoms with Crippen molar-refractivity contribution in [2.45, 2.75) is 32.7 Å². The third kappa shape index (κ3) is 2.49. The van der Waals surface area contributed by atoms with E-state index in [-0.39, 0.29) is 0 Å². The van der Waals surface area contributed by atoms with Crippen LogP contribution in [0, 0.1) is 5.92 Å². The Kier molecular flexibility index (Phi) is 3.26. The molecular weight excluding hydrogens is 206 g/mol. The Balaban J connectivity index is 2.08. The second-order valence-corrected chi connectivity index (χ2v) is 5.31. The summed E-state index contributed by atoms with van der Waals surface area (Å²) in [6.07, 6.45) is 3.76. The molecule has 1 heterocycles. The SMILES string of the molecule is CCc1nc(N(C)CC2CC2)sc1CN. The van der Waals surface area contributed by atoms with E-state index in [0.717, 1.165) is 24.0 Å². The Labute approximate surface area is 95.3 Å². The highest BCUT2D eigenvalue weighted by molar-refractivity contribution is 7.15. The van der Waals surface area contributed by atoms with E-state index < -0.39 is 0 Å². The molecule has 2 N–H and O–H groups in total. The molecule has 0 unspecified atom stereocenters. The number of aromatic nitrogens is 1. The van der Waals surface area contributed by atoms with Crippen molar-refractivity contribution in [2.75, 3.05) is 18.5 Å². The van der Waals surface area contributed by atoms with Gasteiger partial charge in [-0.1, -0.05) is 6.92 Å². The quantitative estimate of drug-likeness (QED) is 0.833. The molecule has 15 heavy (non-hydrogen) atoms. The molecule has 0 radical (unpaired) electrons. The van der Waals surface area contributed by atoms with Crippen LogP contribution in [0.5, 0.6) is 0 Å². The van der Waals surface area contributed by atoms with Crippen LogP contribution in [0.3, 0.4) is 0 Å². The number of nitrogens with two attached hydrogens (primary N) is 1. The minimum atomic E-state index is 0.623. The van der Waals surface area contributed by atoms with E-state index in [1.165, 1.54) is 23.4 Å². The van der Waals surface area contributed by atoms with Crippen LogP contribution in [0.15, 0.2) is 0 Å². The predicted octanol–water partition coefficient (Wildman–Crippen LogP) is 2.01. The highest BCUT2D eigenvalue weighted by atomic mass is 32.1. The van der Waals surface area contributed by atoms with E-state index in [1.807, 2.05) is 0 Å². The van der Waals surface area contributed by atoms with E-state index >= 15 is 0 Å². The molecule has 4 heteroatoms. The summed E-state index contributed by atoms with van der Waals surface area (Å²) in [6, 6.07) is 0. The summed E-state index contributed by atoms with van der Waals surface area (Å²) < 4.78 is 0. The van der Waals surface area contributed by atoms with Gasteiger partial charge in [0, 0.05) is 25.0 Å². The van der Waals surface area contributed by atoms with Crippen LogP contribution in [-0.4, -0.2) is 18.6 Å². The minimum absolute atomic E-state index is 0.623. The average Bonchev–Trinajstić information content (AvgIpc) is 2.95. The number of aryl methyl sites for hydroxylation is 1. The Morgan fingerprint density at radius 3 is 2.73 bits per heavy atom. The highest BCUT2D eigenvalue weighted by Gasteiger charge is 2.24. The van der Waals surface area contributed by atoms with Crippen molar-refractivity contribution in [3.8, 4) is 0 Å². The van der Waals surface area contributed by atoms with Crippen molar-refractivity contribution in [2.24, 2.45) is 11.7 Å². The van der Waals surface area contributed by atoms with Gasteiger partial charge in [-0.05, 0) is 25.2 Å². The Bertz CT molecular complexity index is 309. The predicted molar refractivity (Wildman–Crippen MR) is 65.4 cm³/mol. The molecule has 1 aromatic rings. The van der Waals surface area contributed by atoms with Gasteiger partial charge in [0.15, 0.2) is 5.13 Å². The van der Waals surface area contributed by atoms with Gasteiger partial charge in [-0.15, -0.1) is 11.3 Å². The number of thiazole rings is 1. The molecule has 1 aliphatic carbocycles. The van der Waals surface area contributed by atoms with Gasteiger partial charge in [0.1, 0.15) is 0 Å². The van der Waals surface area contributed by atoms with Gasteiger partial charge in [0.2, 0.25) is 0 Å². The molecule has 3 nitrogen and oxygen atoms in total. The van der Waals surface area contributed by atoms with E-state index in [2.05, 4.69) is 23.9 Å². The molecular formula is C11H19N3S. The third-order valence-corrected chi connectivity index (χ3v) is 4.08. The number of hydrogen-bond acceptors (Lipinski definition) is 4. The molecule has 1 fully saturated rings. The van der Waals surface area contributed by atoms with Gasteiger partial charge >= 0.3 is 0 Å². The first kappa shape index (κ1) is 10.9. The van der Waals surface area contributed by atoms with Crippen molar-refractivity contribution in [3.05, 3.63) is 10.6 Å². The molecule has 1 aromatic heterocycles. The van der Waals surface area contributed by atoms with Gasteiger partial charge in [0.25, 0.3) is 0 Å². The van der Waals surface area contributed by atoms with E-state index in [9.17, 15) is 0 Å². The fraction of sp³-hybridized carbons (Fsp3) is 0.727. The first-order valence-electron chi connectivity index (χ1n) is 5.64. The summed E-state index contributed by atoms with van der Waals surface area (Å²) in [4.78, 5) is 8.17. The van der Waals surface area contributed by atoms with Crippen LogP contribution in [-0.2, 0) is 13.0 Å². The molecule has 0 aromatic carbocycles. The topological polar surface area (TPSA) is 42.2 Å². The van der Waals surface area contributed by atoms with Gasteiger partial charge in [-0.2, -0.15) is 0 Å². The molecule has 0 bridgehead atoms. The zero-order valence-corrected chi connectivity index (χ0v) is 10.3. The van der Waals surface area contributed by atoms with E-state index in [4.69, 9.17) is 5.73 Å². The van der Waals surface area contributed by atoms with Gasteiger partial charge in [-0.3, -0.25) is 0 Å². The third-order valence-electron chi connectivity index (χ3n) is 2.84. The van der Waals surface area contributed by atoms with Crippen LogP contribution in [0.25, 0.3) is 0 Å². The summed E-state index contributed by atoms with van der Waals surface area (Å²) in [5, 5.41) is 1.14. The molecule has 84 valence electrons. The number of hydrogen-bond donors (Lipinski definition) is 1. The molecule has 1 saturated carbocycles. The summed E-state index contributed by atoms with van der Waals surface area (Å²) in [7, 11) is 2.14. The second kappa shape index (κ2) is 4.49. The lowest BCUT2D eigenvalue weighted by Gasteiger charge is -2.14. The van der Waals surface area contributed by atoms with Gasteiger partial charge in [-0.25, -0.2) is 4.98 Å². The normalized spacial score (nSPS) is 15.7. The standard InChI is InChI=1S/C11H19N3S/c1-3-9-10(6-12)15-11(13-9)14(2)7-8-4-5-8/h8H,3-7,12H2,1-2H3. The zero-order valence-electron chi connectivity index (χ0n) is 9.49. The summed E-state index contributed by atoms with van der Waals surface area (Å²) in [6.45, 7) is 3.91. The van der Waals surface area contributed by atoms with Crippen LogP contribution in [0.4, 0.5) is 5.13 Å². The Hall–Kier alpha value is -0.610. The van der Waals surface area contributed by atoms with Crippen LogP contribution in [0.1, 0.15) is 30.3 Å². The molecule has 2 rings (SSSR count). The maximum atomic E-state index is 5.71. The fourth-order valence-corrected chi connectivity index (χ4v) is 2.73. The van der Waals surface area contributed by atoms with Gasteiger partial charge < -0.3 is 10.6 Å². The Morgan fingerprint density at radius 2 is 2.27 bits per heavy atom. The molecule has 0 atom stereocenters. The van der Waals surface area contributed by atoms with Crippen molar-refractivity contribution in [1.82, 2.24) is 4.98 Å². The molecule has 0 aliphatic heterocycles. The maximum absolute atomic E-state index is 5.71. The average molecular weight is 225 g/mol. The van der Waals surface area contributed by atoms with Crippen molar-refractivity contribution < 1.29 is 0 Å². The summed E-state index contributed by atoms with van der Waals surface area (Å²) >= 11 is 1.75. The van der Waals surface area contributed by atoms with Crippen molar-refractivity contribution >= 4 is 16.5 Å². The van der Waals surface area contributed by atoms with E-state index in [0.29, 0.717) is 6.54 Å². The summed E-state index contributed by atoms with van der Waals surface area (Å²) in [5.41, 5.74) is 6.89. The fourth-order valence-electron chi connectivity index (χ4n) is 1.73. The van der Waals surface area contributed by atoms with Crippen LogP contribution >= 0.6 is 11.3 Å². The maximum Gasteiger partial charge on any atom is 0.185 e. The summed E-state index contributed by atoms with van der Waals surface area (Å²) in [5.74, 6) is 0.908. The Morgan fingerprint density at radius 1 is 1.53 bits per heavy atom. The van der Waals surface area contributed by atoms with Gasteiger partial charge in [0.05, 0.1) is 5.69 Å². The molecule has 0 saturated heterocycles. The molecule has 1 aliphatic rings. The molecule has 0 spiro atoms. The zero-order chi connectivity index (χ0) is 10.8. The van der Waals surface area contributed by atoms with E-state index in [1.54, 1.807) is 11.3 Å². The van der Waals surface area contributed by atoms with Crippen molar-refractivity contribution in [3.63, 3.8) is 0 Å². The number of anilines is 1. The monoisotopic (exact) mass is 225 g/mol. The first-order chi connectivity index (χ1) is 7.24. The first-order valence-corrected chi connectivity index (χ1v) is 6.46. The largest absolute Gasteiger partial charge is 0.351 e.